The Kier molecular flexibility index (Phi) is 2.61. The van der Waals surface area contributed by atoms with E-state index in [1.54, 1.807) is 0 Å². The Bertz CT molecular complexity index is 564. The van der Waals surface area contributed by atoms with Crippen LogP contribution < -0.4 is 0 Å². The Morgan fingerprint density at radius 2 is 1.18 bits per heavy atom. The molecule has 0 amide bonds. The maximum absolute atomic E-state index is 12.9. The first-order valence-electron chi connectivity index (χ1n) is 8.08. The summed E-state index contributed by atoms with van der Waals surface area (Å²) in [5, 5.41) is 0. The number of carbonyl (C=O) groups excluding carboxylic acids is 1. The molecule has 5 rings (SSSR count). The predicted molar refractivity (Wildman–Crippen MR) is 85.1 cm³/mol. The Morgan fingerprint density at radius 1 is 0.773 bits per heavy atom. The van der Waals surface area contributed by atoms with Gasteiger partial charge in [-0.2, -0.15) is 0 Å². The molecule has 4 aliphatic heterocycles. The zero-order chi connectivity index (χ0) is 14.8. The molecule has 1 aromatic carbocycles. The second kappa shape index (κ2) is 4.28. The molecule has 7 heteroatoms. The number of nitrogens with zero attached hydrogens (tertiary/aromatic N) is 4. The van der Waals surface area contributed by atoms with Crippen molar-refractivity contribution in [1.29, 1.82) is 0 Å². The Hall–Kier alpha value is -1.04. The van der Waals surface area contributed by atoms with Crippen molar-refractivity contribution in [2.45, 2.75) is 0 Å². The van der Waals surface area contributed by atoms with E-state index in [4.69, 9.17) is 4.52 Å². The SMILES string of the molecule is O=C(OP123N4CCN1CCN2CCN3CC4)c1ccccc1. The molecule has 0 bridgehead atoms. The summed E-state index contributed by atoms with van der Waals surface area (Å²) >= 11 is 0. The van der Waals surface area contributed by atoms with Gasteiger partial charge in [0.15, 0.2) is 0 Å². The van der Waals surface area contributed by atoms with E-state index in [0.29, 0.717) is 5.56 Å². The van der Waals surface area contributed by atoms with E-state index in [2.05, 4.69) is 18.7 Å². The summed E-state index contributed by atoms with van der Waals surface area (Å²) in [6, 6.07) is 9.43. The second-order valence-electron chi connectivity index (χ2n) is 6.42. The van der Waals surface area contributed by atoms with Gasteiger partial charge < -0.3 is 0 Å². The molecule has 118 valence electrons. The average molecular weight is 320 g/mol. The fraction of sp³-hybridized carbons (Fsp3) is 0.533. The van der Waals surface area contributed by atoms with Crippen molar-refractivity contribution in [3.63, 3.8) is 0 Å². The Balaban J connectivity index is 1.62. The molecule has 0 aromatic heterocycles. The molecule has 0 saturated carbocycles. The van der Waals surface area contributed by atoms with Crippen molar-refractivity contribution in [2.24, 2.45) is 0 Å². The van der Waals surface area contributed by atoms with Gasteiger partial charge in [0.1, 0.15) is 0 Å². The molecule has 6 nitrogen and oxygen atoms in total. The summed E-state index contributed by atoms with van der Waals surface area (Å²) < 4.78 is 16.5. The maximum atomic E-state index is 12.9. The van der Waals surface area contributed by atoms with Crippen LogP contribution in [0.25, 0.3) is 0 Å². The predicted octanol–water partition coefficient (Wildman–Crippen LogP) is 1.23. The molecule has 0 radical (unpaired) electrons. The third-order valence-electron chi connectivity index (χ3n) is 5.70. The molecule has 1 aromatic rings. The monoisotopic (exact) mass is 320 g/mol. The van der Waals surface area contributed by atoms with Crippen molar-refractivity contribution in [1.82, 2.24) is 18.7 Å². The number of hydrogen-bond acceptors (Lipinski definition) is 6. The normalized spacial score (nSPS) is 31.5. The van der Waals surface area contributed by atoms with Crippen LogP contribution in [-0.4, -0.2) is 77.0 Å². The third-order valence-corrected chi connectivity index (χ3v) is 11.8. The zero-order valence-corrected chi connectivity index (χ0v) is 13.5. The van der Waals surface area contributed by atoms with Crippen molar-refractivity contribution >= 4 is 13.4 Å². The molecule has 4 aliphatic rings. The number of rotatable bonds is 2. The topological polar surface area (TPSA) is 39.3 Å². The van der Waals surface area contributed by atoms with Crippen molar-refractivity contribution < 1.29 is 9.32 Å². The van der Waals surface area contributed by atoms with Crippen LogP contribution in [0.5, 0.6) is 0 Å². The van der Waals surface area contributed by atoms with Crippen molar-refractivity contribution in [3.8, 4) is 0 Å². The second-order valence-corrected chi connectivity index (χ2v) is 10.6. The van der Waals surface area contributed by atoms with Gasteiger partial charge in [0.05, 0.1) is 0 Å². The molecule has 4 fully saturated rings. The Labute approximate surface area is 130 Å². The molecule has 0 unspecified atom stereocenters. The van der Waals surface area contributed by atoms with Crippen LogP contribution in [0.15, 0.2) is 30.3 Å². The van der Waals surface area contributed by atoms with Gasteiger partial charge >= 0.3 is 130 Å². The molecule has 22 heavy (non-hydrogen) atoms. The van der Waals surface area contributed by atoms with Crippen LogP contribution in [-0.2, 0) is 4.52 Å². The summed E-state index contributed by atoms with van der Waals surface area (Å²) in [6.07, 6.45) is 0. The van der Waals surface area contributed by atoms with Crippen molar-refractivity contribution in [3.05, 3.63) is 35.9 Å². The van der Waals surface area contributed by atoms with Crippen LogP contribution >= 0.6 is 7.43 Å². The van der Waals surface area contributed by atoms with Gasteiger partial charge in [-0.1, -0.05) is 0 Å². The Morgan fingerprint density at radius 3 is 1.59 bits per heavy atom. The van der Waals surface area contributed by atoms with Gasteiger partial charge in [-0.05, 0) is 0 Å². The molecule has 0 atom stereocenters. The number of benzene rings is 1. The number of hydrogen-bond donors (Lipinski definition) is 0. The van der Waals surface area contributed by atoms with Crippen LogP contribution in [0.2, 0.25) is 0 Å². The van der Waals surface area contributed by atoms with Crippen LogP contribution in [0.1, 0.15) is 10.4 Å². The van der Waals surface area contributed by atoms with Gasteiger partial charge in [0, 0.05) is 0 Å². The van der Waals surface area contributed by atoms with Gasteiger partial charge in [0.2, 0.25) is 0 Å². The third kappa shape index (κ3) is 1.29. The van der Waals surface area contributed by atoms with E-state index in [1.807, 2.05) is 30.3 Å². The van der Waals surface area contributed by atoms with E-state index in [-0.39, 0.29) is 5.97 Å². The summed E-state index contributed by atoms with van der Waals surface area (Å²) in [6.45, 7) is 8.17. The van der Waals surface area contributed by atoms with Crippen LogP contribution in [0.4, 0.5) is 0 Å². The first-order chi connectivity index (χ1) is 10.8. The quantitative estimate of drug-likeness (QED) is 0.764. The number of carbonyl (C=O) groups is 1. The van der Waals surface area contributed by atoms with E-state index >= 15 is 0 Å². The standard InChI is InChI=1S/C15H21N4O2P/c20-15(14-4-2-1-3-5-14)21-22-16-6-7-17(22)10-11-19(22)13-12-18(22)9-8-16/h1-5H,6-13H2. The minimum atomic E-state index is -2.97. The summed E-state index contributed by atoms with van der Waals surface area (Å²) in [7, 11) is -2.97. The van der Waals surface area contributed by atoms with E-state index in [1.165, 1.54) is 0 Å². The van der Waals surface area contributed by atoms with Crippen LogP contribution in [0.3, 0.4) is 0 Å². The van der Waals surface area contributed by atoms with Gasteiger partial charge in [-0.25, -0.2) is 0 Å². The fourth-order valence-corrected chi connectivity index (χ4v) is 11.4. The molecule has 0 aliphatic carbocycles. The molecule has 0 N–H and O–H groups in total. The molecule has 4 heterocycles. The summed E-state index contributed by atoms with van der Waals surface area (Å²) in [4.78, 5) is 12.9. The van der Waals surface area contributed by atoms with Crippen molar-refractivity contribution in [2.75, 3.05) is 52.4 Å². The fourth-order valence-electron chi connectivity index (χ4n) is 4.85. The first kappa shape index (κ1) is 13.4. The molecular formula is C15H21N4O2P. The minimum absolute atomic E-state index is 0.170. The van der Waals surface area contributed by atoms with Gasteiger partial charge in [-0.3, -0.25) is 0 Å². The summed E-state index contributed by atoms with van der Waals surface area (Å²) in [5.41, 5.74) is 0.656. The first-order valence-corrected chi connectivity index (χ1v) is 10.0. The van der Waals surface area contributed by atoms with Gasteiger partial charge in [0.25, 0.3) is 0 Å². The zero-order valence-electron chi connectivity index (χ0n) is 12.6. The van der Waals surface area contributed by atoms with Crippen LogP contribution in [0, 0.1) is 0 Å². The average Bonchev–Trinajstić information content (AvgIpc) is 3.16. The molecular weight excluding hydrogens is 299 g/mol. The molecule has 4 saturated heterocycles. The van der Waals surface area contributed by atoms with Gasteiger partial charge in [-0.15, -0.1) is 0 Å². The molecule has 1 spiro atoms. The van der Waals surface area contributed by atoms with E-state index in [9.17, 15) is 4.79 Å². The van der Waals surface area contributed by atoms with E-state index in [0.717, 1.165) is 52.4 Å². The van der Waals surface area contributed by atoms with E-state index < -0.39 is 7.43 Å². The summed E-state index contributed by atoms with van der Waals surface area (Å²) in [5.74, 6) is -0.170.